The summed E-state index contributed by atoms with van der Waals surface area (Å²) in [5, 5.41) is 0. The smallest absolute Gasteiger partial charge is 0.375 e. The summed E-state index contributed by atoms with van der Waals surface area (Å²) in [5.74, 6) is -13.2. The van der Waals surface area contributed by atoms with Crippen LogP contribution in [0.25, 0.3) is 0 Å². The van der Waals surface area contributed by atoms with Crippen LogP contribution in [0.5, 0.6) is 0 Å². The Kier molecular flexibility index (Phi) is 21.9. The first-order valence-electron chi connectivity index (χ1n) is 29.8. The molecule has 4 atom stereocenters. The summed E-state index contributed by atoms with van der Waals surface area (Å²) in [7, 11) is 0. The van der Waals surface area contributed by atoms with E-state index in [1.807, 2.05) is 215 Å². The second-order valence-electron chi connectivity index (χ2n) is 31.8. The first kappa shape index (κ1) is 70.9. The topological polar surface area (TPSA) is 173 Å². The molecule has 12 nitrogen and oxygen atoms in total. The average Bonchev–Trinajstić information content (AvgIpc) is 1.88. The molecule has 12 heteroatoms. The van der Waals surface area contributed by atoms with E-state index in [0.717, 1.165) is 22.3 Å². The van der Waals surface area contributed by atoms with Crippen LogP contribution in [0, 0.1) is 27.1 Å². The Bertz CT molecular complexity index is 2680. The lowest BCUT2D eigenvalue weighted by Gasteiger charge is -2.36. The van der Waals surface area contributed by atoms with Crippen LogP contribution >= 0.6 is 0 Å². The van der Waals surface area contributed by atoms with Crippen molar-refractivity contribution in [1.82, 2.24) is 0 Å². The number of ketones is 4. The minimum atomic E-state index is -2.18. The van der Waals surface area contributed by atoms with Crippen molar-refractivity contribution < 1.29 is 57.3 Å². The molecule has 85 heavy (non-hydrogen) atoms. The molecule has 0 bridgehead atoms. The quantitative estimate of drug-likeness (QED) is 0.0466. The predicted octanol–water partition coefficient (Wildman–Crippen LogP) is 14.9. The number of Topliss-reactive ketones (excluding diaryl/α,β-unsaturated/α-hetero) is 4. The van der Waals surface area contributed by atoms with Gasteiger partial charge in [-0.2, -0.15) is 0 Å². The van der Waals surface area contributed by atoms with Crippen molar-refractivity contribution in [3.63, 3.8) is 0 Å². The van der Waals surface area contributed by atoms with Crippen molar-refractivity contribution in [3.05, 3.63) is 142 Å². The molecule has 0 aliphatic rings. The summed E-state index contributed by atoms with van der Waals surface area (Å²) >= 11 is 0. The average molecular weight is 1170 g/mol. The van der Waals surface area contributed by atoms with Gasteiger partial charge in [-0.15, -0.1) is 0 Å². The van der Waals surface area contributed by atoms with Gasteiger partial charge in [0, 0.05) is 0 Å². The van der Waals surface area contributed by atoms with E-state index in [1.54, 1.807) is 48.5 Å². The van der Waals surface area contributed by atoms with Crippen molar-refractivity contribution in [2.24, 2.45) is 27.1 Å². The molecule has 0 aliphatic carbocycles. The summed E-state index contributed by atoms with van der Waals surface area (Å²) in [6.45, 7) is 42.2. The fourth-order valence-electron chi connectivity index (χ4n) is 11.6. The standard InChI is InChI=1S/C73H100O12/c1-65(2,3)49-37-29-25-33-45(49)53(69(13,14)15)57(74)61(78)82-41-73(42-83-62(79)58(75)54(70(16,17)18)46-34-26-30-38-50(46)66(4,5)6,43-84-63(80)59(76)55(71(19,20)21)47-35-27-31-39-51(47)67(7,8)9)44-85-64(81)60(77)56(72(22,23)24)48-36-28-32-40-52(48)68(10,11)12/h25-40,53-56H,41-44H2,1-24H3. The van der Waals surface area contributed by atoms with Gasteiger partial charge in [0.1, 0.15) is 31.8 Å². The Balaban J connectivity index is 1.98. The monoisotopic (exact) mass is 1170 g/mol. The lowest BCUT2D eigenvalue weighted by molar-refractivity contribution is -0.177. The van der Waals surface area contributed by atoms with Crippen LogP contribution in [0.4, 0.5) is 0 Å². The Morgan fingerprint density at radius 2 is 0.424 bits per heavy atom. The SMILES string of the molecule is CC(C)(C)c1ccccc1C(C(=O)C(=O)OCC(COC(=O)C(=O)C(c1ccccc1C(C)(C)C)C(C)(C)C)(COC(=O)C(=O)C(c1ccccc1C(C)(C)C)C(C)(C)C)COC(=O)C(=O)C(c1ccccc1C(C)(C)C)C(C)(C)C)C(C)(C)C. The van der Waals surface area contributed by atoms with Gasteiger partial charge in [-0.1, -0.05) is 263 Å². The Labute approximate surface area is 508 Å². The first-order valence-corrected chi connectivity index (χ1v) is 29.8. The highest BCUT2D eigenvalue weighted by molar-refractivity contribution is 6.37. The third-order valence-corrected chi connectivity index (χ3v) is 15.7. The van der Waals surface area contributed by atoms with Crippen molar-refractivity contribution >= 4 is 47.0 Å². The molecular formula is C73H100O12. The molecule has 0 heterocycles. The fourth-order valence-corrected chi connectivity index (χ4v) is 11.6. The van der Waals surface area contributed by atoms with Gasteiger partial charge in [0.25, 0.3) is 0 Å². The number of rotatable bonds is 20. The highest BCUT2D eigenvalue weighted by Crippen LogP contribution is 2.46. The Morgan fingerprint density at radius 3 is 0.565 bits per heavy atom. The molecule has 0 amide bonds. The zero-order valence-electron chi connectivity index (χ0n) is 55.8. The van der Waals surface area contributed by atoms with Gasteiger partial charge < -0.3 is 18.9 Å². The zero-order valence-corrected chi connectivity index (χ0v) is 55.8. The van der Waals surface area contributed by atoms with Crippen LogP contribution < -0.4 is 0 Å². The maximum atomic E-state index is 14.9. The van der Waals surface area contributed by atoms with E-state index in [4.69, 9.17) is 18.9 Å². The third-order valence-electron chi connectivity index (χ3n) is 15.7. The summed E-state index contributed by atoms with van der Waals surface area (Å²) in [6, 6.07) is 29.4. The second-order valence-corrected chi connectivity index (χ2v) is 31.8. The minimum absolute atomic E-state index is 0.453. The van der Waals surface area contributed by atoms with Gasteiger partial charge in [0.15, 0.2) is 0 Å². The van der Waals surface area contributed by atoms with Gasteiger partial charge in [-0.25, -0.2) is 19.2 Å². The van der Waals surface area contributed by atoms with E-state index in [-0.39, 0.29) is 0 Å². The van der Waals surface area contributed by atoms with E-state index < -0.39 is 146 Å². The molecule has 4 rings (SSSR count). The molecule has 4 unspecified atom stereocenters. The lowest BCUT2D eigenvalue weighted by Crippen LogP contribution is -2.47. The zero-order chi connectivity index (χ0) is 65.0. The number of ether oxygens (including phenoxy) is 4. The number of carbonyl (C=O) groups is 8. The summed E-state index contributed by atoms with van der Waals surface area (Å²) in [6.07, 6.45) is 0. The number of hydrogen-bond acceptors (Lipinski definition) is 12. The molecule has 0 saturated carbocycles. The molecule has 464 valence electrons. The maximum absolute atomic E-state index is 14.9. The summed E-state index contributed by atoms with van der Waals surface area (Å²) in [5.41, 5.74) is -1.68. The summed E-state index contributed by atoms with van der Waals surface area (Å²) in [4.78, 5) is 118. The van der Waals surface area contributed by atoms with Gasteiger partial charge in [0.2, 0.25) is 23.1 Å². The Hall–Kier alpha value is -6.56. The normalized spacial score (nSPS) is 15.1. The fraction of sp³-hybridized carbons (Fsp3) is 0.562. The molecule has 0 N–H and O–H groups in total. The lowest BCUT2D eigenvalue weighted by atomic mass is 9.69. The minimum Gasteiger partial charge on any atom is -0.459 e. The molecule has 0 aliphatic heterocycles. The van der Waals surface area contributed by atoms with E-state index in [9.17, 15) is 38.4 Å². The van der Waals surface area contributed by atoms with Crippen molar-refractivity contribution in [1.29, 1.82) is 0 Å². The Morgan fingerprint density at radius 1 is 0.271 bits per heavy atom. The molecule has 0 radical (unpaired) electrons. The molecule has 0 spiro atoms. The molecular weight excluding hydrogens is 1070 g/mol. The van der Waals surface area contributed by atoms with Crippen molar-refractivity contribution in [3.8, 4) is 0 Å². The first-order chi connectivity index (χ1) is 38.6. The molecule has 0 fully saturated rings. The molecule has 0 saturated heterocycles. The number of benzene rings is 4. The van der Waals surface area contributed by atoms with Crippen LogP contribution in [-0.2, 0) is 79.0 Å². The van der Waals surface area contributed by atoms with Crippen LogP contribution in [0.3, 0.4) is 0 Å². The predicted molar refractivity (Wildman–Crippen MR) is 336 cm³/mol. The van der Waals surface area contributed by atoms with E-state index >= 15 is 0 Å². The van der Waals surface area contributed by atoms with Gasteiger partial charge in [-0.05, 0) is 87.8 Å². The molecule has 4 aromatic rings. The van der Waals surface area contributed by atoms with Crippen LogP contribution in [-0.4, -0.2) is 73.4 Å². The van der Waals surface area contributed by atoms with Gasteiger partial charge in [-0.3, -0.25) is 19.2 Å². The third kappa shape index (κ3) is 17.8. The molecule has 4 aromatic carbocycles. The van der Waals surface area contributed by atoms with E-state index in [1.165, 1.54) is 0 Å². The number of carbonyl (C=O) groups excluding carboxylic acids is 8. The van der Waals surface area contributed by atoms with E-state index in [2.05, 4.69) is 0 Å². The van der Waals surface area contributed by atoms with Crippen LogP contribution in [0.15, 0.2) is 97.1 Å². The van der Waals surface area contributed by atoms with Crippen LogP contribution in [0.2, 0.25) is 0 Å². The van der Waals surface area contributed by atoms with Gasteiger partial charge >= 0.3 is 23.9 Å². The van der Waals surface area contributed by atoms with Crippen molar-refractivity contribution in [2.45, 2.75) is 212 Å². The van der Waals surface area contributed by atoms with Crippen LogP contribution in [0.1, 0.15) is 234 Å². The molecule has 0 aromatic heterocycles. The number of esters is 4. The largest absolute Gasteiger partial charge is 0.459 e. The van der Waals surface area contributed by atoms with Gasteiger partial charge in [0.05, 0.1) is 23.7 Å². The number of hydrogen-bond donors (Lipinski definition) is 0. The second kappa shape index (κ2) is 26.2. The summed E-state index contributed by atoms with van der Waals surface area (Å²) < 4.78 is 24.1. The van der Waals surface area contributed by atoms with Crippen molar-refractivity contribution in [2.75, 3.05) is 26.4 Å². The highest BCUT2D eigenvalue weighted by Gasteiger charge is 2.48. The maximum Gasteiger partial charge on any atom is 0.375 e. The van der Waals surface area contributed by atoms with E-state index in [0.29, 0.717) is 22.3 Å². The highest BCUT2D eigenvalue weighted by atomic mass is 16.6.